The van der Waals surface area contributed by atoms with Gasteiger partial charge in [-0.05, 0) is 47.3 Å². The van der Waals surface area contributed by atoms with Gasteiger partial charge in [-0.1, -0.05) is 52.0 Å². The molecular formula is C27H35N3O3. The second-order valence-corrected chi connectivity index (χ2v) is 10.9. The van der Waals surface area contributed by atoms with Crippen molar-refractivity contribution in [3.63, 3.8) is 0 Å². The van der Waals surface area contributed by atoms with Crippen LogP contribution in [0.15, 0.2) is 35.1 Å². The number of aromatic nitrogens is 1. The number of likely N-dealkylation sites (tertiary alicyclic amines) is 1. The van der Waals surface area contributed by atoms with Gasteiger partial charge in [0.2, 0.25) is 0 Å². The zero-order valence-electron chi connectivity index (χ0n) is 20.2. The number of pyridine rings is 1. The van der Waals surface area contributed by atoms with Crippen LogP contribution < -0.4 is 10.9 Å². The first-order valence-corrected chi connectivity index (χ1v) is 12.0. The lowest BCUT2D eigenvalue weighted by atomic mass is 9.75. The van der Waals surface area contributed by atoms with Crippen molar-refractivity contribution in [1.29, 1.82) is 0 Å². The Morgan fingerprint density at radius 3 is 2.45 bits per heavy atom. The highest BCUT2D eigenvalue weighted by molar-refractivity contribution is 6.02. The maximum absolute atomic E-state index is 12.9. The number of nitrogens with zero attached hydrogens (tertiary/aromatic N) is 1. The Bertz CT molecular complexity index is 1110. The standard InChI is InChI=1S/C27H35N3O3/c1-17-9-18(2)15-30(14-17)16-20-8-6-5-7-19(20)13-28-25(32)22-10-21-23(29-26(22)33)11-27(3,4)12-24(21)31/h5-8,10,17-18H,9,11-16H2,1-4H3,(H,28,32)(H,29,33). The molecule has 176 valence electrons. The molecule has 2 aromatic rings. The molecule has 1 amide bonds. The second-order valence-electron chi connectivity index (χ2n) is 10.9. The number of ketones is 1. The first-order valence-electron chi connectivity index (χ1n) is 12.0. The molecule has 6 heteroatoms. The quantitative estimate of drug-likeness (QED) is 0.724. The van der Waals surface area contributed by atoms with E-state index in [-0.39, 0.29) is 16.8 Å². The third-order valence-corrected chi connectivity index (χ3v) is 6.86. The van der Waals surface area contributed by atoms with Crippen LogP contribution in [0.2, 0.25) is 0 Å². The van der Waals surface area contributed by atoms with E-state index in [9.17, 15) is 14.4 Å². The van der Waals surface area contributed by atoms with Crippen molar-refractivity contribution >= 4 is 11.7 Å². The molecule has 6 nitrogen and oxygen atoms in total. The van der Waals surface area contributed by atoms with Gasteiger partial charge in [0.25, 0.3) is 11.5 Å². The van der Waals surface area contributed by atoms with Gasteiger partial charge in [-0.15, -0.1) is 0 Å². The van der Waals surface area contributed by atoms with Gasteiger partial charge in [0.15, 0.2) is 5.78 Å². The van der Waals surface area contributed by atoms with Crippen LogP contribution in [-0.2, 0) is 19.5 Å². The summed E-state index contributed by atoms with van der Waals surface area (Å²) in [4.78, 5) is 43.4. The predicted molar refractivity (Wildman–Crippen MR) is 129 cm³/mol. The van der Waals surface area contributed by atoms with Crippen LogP contribution >= 0.6 is 0 Å². The lowest BCUT2D eigenvalue weighted by Crippen LogP contribution is -2.38. The molecule has 1 fully saturated rings. The highest BCUT2D eigenvalue weighted by Crippen LogP contribution is 2.33. The molecule has 2 heterocycles. The molecule has 1 aromatic heterocycles. The van der Waals surface area contributed by atoms with Crippen molar-refractivity contribution < 1.29 is 9.59 Å². The number of H-pyrrole nitrogens is 1. The van der Waals surface area contributed by atoms with Crippen molar-refractivity contribution in [3.8, 4) is 0 Å². The molecule has 33 heavy (non-hydrogen) atoms. The summed E-state index contributed by atoms with van der Waals surface area (Å²) in [6, 6.07) is 9.60. The van der Waals surface area contributed by atoms with E-state index in [0.717, 1.165) is 25.2 Å². The van der Waals surface area contributed by atoms with E-state index in [1.807, 2.05) is 32.0 Å². The number of carbonyl (C=O) groups excluding carboxylic acids is 2. The first-order chi connectivity index (χ1) is 15.6. The summed E-state index contributed by atoms with van der Waals surface area (Å²) < 4.78 is 0. The summed E-state index contributed by atoms with van der Waals surface area (Å²) in [6.45, 7) is 12.0. The Kier molecular flexibility index (Phi) is 6.57. The van der Waals surface area contributed by atoms with E-state index in [2.05, 4.69) is 35.1 Å². The minimum Gasteiger partial charge on any atom is -0.348 e. The van der Waals surface area contributed by atoms with E-state index in [1.165, 1.54) is 18.1 Å². The smallest absolute Gasteiger partial charge is 0.261 e. The van der Waals surface area contributed by atoms with E-state index < -0.39 is 11.5 Å². The molecule has 0 bridgehead atoms. The monoisotopic (exact) mass is 449 g/mol. The lowest BCUT2D eigenvalue weighted by molar-refractivity contribution is 0.0910. The summed E-state index contributed by atoms with van der Waals surface area (Å²) in [5.41, 5.74) is 2.70. The van der Waals surface area contributed by atoms with Crippen LogP contribution in [0.4, 0.5) is 0 Å². The van der Waals surface area contributed by atoms with Gasteiger partial charge in [0, 0.05) is 43.9 Å². The largest absolute Gasteiger partial charge is 0.348 e. The summed E-state index contributed by atoms with van der Waals surface area (Å²) in [6.07, 6.45) is 2.30. The Balaban J connectivity index is 1.47. The van der Waals surface area contributed by atoms with Crippen molar-refractivity contribution in [2.24, 2.45) is 17.3 Å². The molecule has 2 atom stereocenters. The minimum absolute atomic E-state index is 0.00188. The number of fused-ring (bicyclic) bond motifs is 1. The average molecular weight is 450 g/mol. The lowest BCUT2D eigenvalue weighted by Gasteiger charge is -2.35. The Morgan fingerprint density at radius 2 is 1.76 bits per heavy atom. The van der Waals surface area contributed by atoms with Crippen molar-refractivity contribution in [2.75, 3.05) is 13.1 Å². The fourth-order valence-electron chi connectivity index (χ4n) is 5.51. The number of aromatic amines is 1. The number of hydrogen-bond acceptors (Lipinski definition) is 4. The second kappa shape index (κ2) is 9.26. The molecule has 0 saturated carbocycles. The van der Waals surface area contributed by atoms with Gasteiger partial charge in [0.05, 0.1) is 0 Å². The van der Waals surface area contributed by atoms with E-state index >= 15 is 0 Å². The number of Topliss-reactive ketones (excluding diaryl/α,β-unsaturated/α-hetero) is 1. The van der Waals surface area contributed by atoms with Gasteiger partial charge in [0.1, 0.15) is 5.56 Å². The predicted octanol–water partition coefficient (Wildman–Crippen LogP) is 3.94. The average Bonchev–Trinajstić information content (AvgIpc) is 2.71. The molecule has 2 unspecified atom stereocenters. The molecule has 1 saturated heterocycles. The SMILES string of the molecule is CC1CC(C)CN(Cc2ccccc2CNC(=O)c2cc3c([nH]c2=O)CC(C)(C)CC3=O)C1. The number of amides is 1. The number of rotatable bonds is 5. The van der Waals surface area contributed by atoms with Gasteiger partial charge in [-0.3, -0.25) is 19.3 Å². The fraction of sp³-hybridized carbons (Fsp3) is 0.519. The first kappa shape index (κ1) is 23.4. The number of nitrogens with one attached hydrogen (secondary N) is 2. The summed E-state index contributed by atoms with van der Waals surface area (Å²) in [7, 11) is 0. The zero-order valence-corrected chi connectivity index (χ0v) is 20.2. The van der Waals surface area contributed by atoms with Crippen molar-refractivity contribution in [2.45, 2.75) is 60.0 Å². The molecule has 1 aliphatic carbocycles. The topological polar surface area (TPSA) is 82.3 Å². The van der Waals surface area contributed by atoms with Gasteiger partial charge in [-0.25, -0.2) is 0 Å². The molecule has 1 aromatic carbocycles. The van der Waals surface area contributed by atoms with Crippen molar-refractivity contribution in [1.82, 2.24) is 15.2 Å². The van der Waals surface area contributed by atoms with E-state index in [0.29, 0.717) is 42.5 Å². The third kappa shape index (κ3) is 5.44. The van der Waals surface area contributed by atoms with Crippen LogP contribution in [-0.4, -0.2) is 34.7 Å². The Hall–Kier alpha value is -2.73. The summed E-state index contributed by atoms with van der Waals surface area (Å²) in [5, 5.41) is 2.90. The maximum atomic E-state index is 12.9. The minimum atomic E-state index is -0.452. The van der Waals surface area contributed by atoms with E-state index in [4.69, 9.17) is 0 Å². The van der Waals surface area contributed by atoms with E-state index in [1.54, 1.807) is 0 Å². The highest BCUT2D eigenvalue weighted by atomic mass is 16.2. The van der Waals surface area contributed by atoms with Crippen LogP contribution in [0.1, 0.15) is 78.1 Å². The zero-order chi connectivity index (χ0) is 23.8. The summed E-state index contributed by atoms with van der Waals surface area (Å²) in [5.74, 6) is 0.892. The highest BCUT2D eigenvalue weighted by Gasteiger charge is 2.32. The summed E-state index contributed by atoms with van der Waals surface area (Å²) >= 11 is 0. The maximum Gasteiger partial charge on any atom is 0.261 e. The normalized spacial score (nSPS) is 22.6. The molecule has 1 aliphatic heterocycles. The fourth-order valence-corrected chi connectivity index (χ4v) is 5.51. The van der Waals surface area contributed by atoms with Crippen LogP contribution in [0, 0.1) is 17.3 Å². The van der Waals surface area contributed by atoms with Gasteiger partial charge in [-0.2, -0.15) is 0 Å². The van der Waals surface area contributed by atoms with Gasteiger partial charge >= 0.3 is 0 Å². The van der Waals surface area contributed by atoms with Gasteiger partial charge < -0.3 is 10.3 Å². The molecule has 0 radical (unpaired) electrons. The molecule has 4 rings (SSSR count). The Labute approximate surface area is 195 Å². The van der Waals surface area contributed by atoms with Crippen LogP contribution in [0.25, 0.3) is 0 Å². The third-order valence-electron chi connectivity index (χ3n) is 6.86. The molecule has 2 aliphatic rings. The Morgan fingerprint density at radius 1 is 1.09 bits per heavy atom. The molecule has 0 spiro atoms. The number of benzene rings is 1. The number of piperidine rings is 1. The molecular weight excluding hydrogens is 414 g/mol. The number of carbonyl (C=O) groups is 2. The van der Waals surface area contributed by atoms with Crippen LogP contribution in [0.5, 0.6) is 0 Å². The number of hydrogen-bond donors (Lipinski definition) is 2. The molecule has 2 N–H and O–H groups in total. The van der Waals surface area contributed by atoms with Crippen molar-refractivity contribution in [3.05, 3.63) is 68.6 Å². The van der Waals surface area contributed by atoms with Crippen LogP contribution in [0.3, 0.4) is 0 Å².